The molecule has 0 radical (unpaired) electrons. The maximum Gasteiger partial charge on any atom is 0.234 e. The standard InChI is InChI=1S/C18H22N2O3/c1-12-10-14(15-3-5-17(22)19-18(15)23)2-4-16(12)20-8-6-13(11-21)7-9-20/h2,4,10-11,13,15H,3,5-9H2,1H3,(H,19,22,23). The number of nitrogens with one attached hydrogen (secondary N) is 1. The van der Waals surface area contributed by atoms with Crippen LogP contribution in [0.3, 0.4) is 0 Å². The van der Waals surface area contributed by atoms with E-state index in [4.69, 9.17) is 0 Å². The van der Waals surface area contributed by atoms with Crippen LogP contribution in [0.15, 0.2) is 18.2 Å². The van der Waals surface area contributed by atoms with Gasteiger partial charge in [0.05, 0.1) is 5.92 Å². The number of nitrogens with zero attached hydrogens (tertiary/aromatic N) is 1. The minimum Gasteiger partial charge on any atom is -0.371 e. The average molecular weight is 314 g/mol. The van der Waals surface area contributed by atoms with Crippen LogP contribution in [0, 0.1) is 12.8 Å². The summed E-state index contributed by atoms with van der Waals surface area (Å²) in [5, 5.41) is 2.42. The monoisotopic (exact) mass is 314 g/mol. The van der Waals surface area contributed by atoms with Crippen LogP contribution in [-0.2, 0) is 14.4 Å². The number of carbonyl (C=O) groups is 3. The molecule has 2 heterocycles. The van der Waals surface area contributed by atoms with E-state index >= 15 is 0 Å². The lowest BCUT2D eigenvalue weighted by Crippen LogP contribution is -2.39. The van der Waals surface area contributed by atoms with E-state index in [-0.39, 0.29) is 23.7 Å². The zero-order valence-electron chi connectivity index (χ0n) is 13.4. The van der Waals surface area contributed by atoms with Crippen LogP contribution in [0.5, 0.6) is 0 Å². The van der Waals surface area contributed by atoms with E-state index in [2.05, 4.69) is 29.3 Å². The number of imide groups is 1. The molecule has 5 nitrogen and oxygen atoms in total. The quantitative estimate of drug-likeness (QED) is 0.684. The highest BCUT2D eigenvalue weighted by Gasteiger charge is 2.28. The van der Waals surface area contributed by atoms with Gasteiger partial charge in [0, 0.05) is 31.1 Å². The minimum atomic E-state index is -0.235. The Balaban J connectivity index is 1.75. The van der Waals surface area contributed by atoms with Gasteiger partial charge in [-0.1, -0.05) is 12.1 Å². The summed E-state index contributed by atoms with van der Waals surface area (Å²) in [5.74, 6) is -0.423. The van der Waals surface area contributed by atoms with Crippen molar-refractivity contribution in [2.75, 3.05) is 18.0 Å². The topological polar surface area (TPSA) is 66.5 Å². The number of rotatable bonds is 3. The van der Waals surface area contributed by atoms with Crippen molar-refractivity contribution < 1.29 is 14.4 Å². The molecule has 2 saturated heterocycles. The molecule has 23 heavy (non-hydrogen) atoms. The molecule has 1 aromatic carbocycles. The van der Waals surface area contributed by atoms with Crippen LogP contribution in [0.2, 0.25) is 0 Å². The summed E-state index contributed by atoms with van der Waals surface area (Å²) in [7, 11) is 0. The Morgan fingerprint density at radius 3 is 2.52 bits per heavy atom. The van der Waals surface area contributed by atoms with E-state index in [1.54, 1.807) is 0 Å². The molecule has 1 aromatic rings. The lowest BCUT2D eigenvalue weighted by Gasteiger charge is -2.33. The van der Waals surface area contributed by atoms with Crippen molar-refractivity contribution >= 4 is 23.8 Å². The van der Waals surface area contributed by atoms with Crippen LogP contribution in [0.1, 0.15) is 42.7 Å². The summed E-state index contributed by atoms with van der Waals surface area (Å²) >= 11 is 0. The maximum atomic E-state index is 12.0. The summed E-state index contributed by atoms with van der Waals surface area (Å²) in [4.78, 5) is 36.4. The van der Waals surface area contributed by atoms with E-state index in [1.807, 2.05) is 6.07 Å². The molecular weight excluding hydrogens is 292 g/mol. The number of aldehydes is 1. The summed E-state index contributed by atoms with van der Waals surface area (Å²) < 4.78 is 0. The Hall–Kier alpha value is -2.17. The van der Waals surface area contributed by atoms with Gasteiger partial charge in [-0.05, 0) is 43.4 Å². The first kappa shape index (κ1) is 15.7. The predicted molar refractivity (Wildman–Crippen MR) is 87.3 cm³/mol. The second kappa shape index (κ2) is 6.52. The van der Waals surface area contributed by atoms with Gasteiger partial charge in [0.25, 0.3) is 0 Å². The molecule has 1 atom stereocenters. The molecule has 0 spiro atoms. The van der Waals surface area contributed by atoms with Crippen LogP contribution >= 0.6 is 0 Å². The molecule has 0 saturated carbocycles. The zero-order valence-corrected chi connectivity index (χ0v) is 13.4. The molecule has 1 unspecified atom stereocenters. The van der Waals surface area contributed by atoms with Crippen LogP contribution in [0.4, 0.5) is 5.69 Å². The number of carbonyl (C=O) groups excluding carboxylic acids is 3. The third kappa shape index (κ3) is 3.28. The van der Waals surface area contributed by atoms with Crippen molar-refractivity contribution in [2.45, 2.75) is 38.5 Å². The number of amides is 2. The first-order valence-electron chi connectivity index (χ1n) is 8.23. The normalized spacial score (nSPS) is 22.8. The van der Waals surface area contributed by atoms with Crippen molar-refractivity contribution in [2.24, 2.45) is 5.92 Å². The maximum absolute atomic E-state index is 12.0. The van der Waals surface area contributed by atoms with E-state index in [1.165, 1.54) is 5.69 Å². The van der Waals surface area contributed by atoms with E-state index in [0.29, 0.717) is 12.8 Å². The van der Waals surface area contributed by atoms with Gasteiger partial charge in [0.1, 0.15) is 6.29 Å². The second-order valence-corrected chi connectivity index (χ2v) is 6.51. The highest BCUT2D eigenvalue weighted by molar-refractivity contribution is 6.01. The molecule has 2 aliphatic rings. The molecule has 122 valence electrons. The molecule has 5 heteroatoms. The molecule has 0 aromatic heterocycles. The van der Waals surface area contributed by atoms with Gasteiger partial charge in [-0.25, -0.2) is 0 Å². The van der Waals surface area contributed by atoms with Gasteiger partial charge in [-0.3, -0.25) is 14.9 Å². The minimum absolute atomic E-state index is 0.183. The lowest BCUT2D eigenvalue weighted by molar-refractivity contribution is -0.134. The predicted octanol–water partition coefficient (Wildman–Crippen LogP) is 1.93. The van der Waals surface area contributed by atoms with Crippen LogP contribution < -0.4 is 10.2 Å². The Morgan fingerprint density at radius 1 is 1.17 bits per heavy atom. The SMILES string of the molecule is Cc1cc(C2CCC(=O)NC2=O)ccc1N1CCC(C=O)CC1. The summed E-state index contributed by atoms with van der Waals surface area (Å²) in [5.41, 5.74) is 3.28. The highest BCUT2D eigenvalue weighted by Crippen LogP contribution is 2.31. The Kier molecular flexibility index (Phi) is 4.46. The smallest absolute Gasteiger partial charge is 0.234 e. The summed E-state index contributed by atoms with van der Waals surface area (Å²) in [6.45, 7) is 3.83. The zero-order chi connectivity index (χ0) is 16.4. The van der Waals surface area contributed by atoms with E-state index in [0.717, 1.165) is 43.3 Å². The van der Waals surface area contributed by atoms with Gasteiger partial charge in [-0.15, -0.1) is 0 Å². The Morgan fingerprint density at radius 2 is 1.91 bits per heavy atom. The molecule has 0 bridgehead atoms. The van der Waals surface area contributed by atoms with Crippen molar-refractivity contribution in [3.8, 4) is 0 Å². The van der Waals surface area contributed by atoms with Crippen molar-refractivity contribution in [3.63, 3.8) is 0 Å². The van der Waals surface area contributed by atoms with E-state index < -0.39 is 0 Å². The summed E-state index contributed by atoms with van der Waals surface area (Å²) in [6.07, 6.45) is 3.84. The number of aryl methyl sites for hydroxylation is 1. The Bertz CT molecular complexity index is 633. The highest BCUT2D eigenvalue weighted by atomic mass is 16.2. The van der Waals surface area contributed by atoms with Gasteiger partial charge in [-0.2, -0.15) is 0 Å². The van der Waals surface area contributed by atoms with Gasteiger partial charge >= 0.3 is 0 Å². The van der Waals surface area contributed by atoms with Gasteiger partial charge in [0.15, 0.2) is 0 Å². The average Bonchev–Trinajstić information content (AvgIpc) is 2.55. The lowest BCUT2D eigenvalue weighted by atomic mass is 9.89. The number of hydrogen-bond donors (Lipinski definition) is 1. The third-order valence-electron chi connectivity index (χ3n) is 4.94. The van der Waals surface area contributed by atoms with Crippen molar-refractivity contribution in [3.05, 3.63) is 29.3 Å². The number of hydrogen-bond acceptors (Lipinski definition) is 4. The van der Waals surface area contributed by atoms with Crippen LogP contribution in [-0.4, -0.2) is 31.2 Å². The van der Waals surface area contributed by atoms with Gasteiger partial charge in [0.2, 0.25) is 11.8 Å². The van der Waals surface area contributed by atoms with Gasteiger partial charge < -0.3 is 9.69 Å². The fourth-order valence-electron chi connectivity index (χ4n) is 3.54. The second-order valence-electron chi connectivity index (χ2n) is 6.51. The first-order valence-corrected chi connectivity index (χ1v) is 8.23. The fraction of sp³-hybridized carbons (Fsp3) is 0.500. The molecule has 1 N–H and O–H groups in total. The molecule has 3 rings (SSSR count). The number of anilines is 1. The fourth-order valence-corrected chi connectivity index (χ4v) is 3.54. The number of piperidine rings is 2. The van der Waals surface area contributed by atoms with E-state index in [9.17, 15) is 14.4 Å². The van der Waals surface area contributed by atoms with Crippen LogP contribution in [0.25, 0.3) is 0 Å². The van der Waals surface area contributed by atoms with Crippen molar-refractivity contribution in [1.29, 1.82) is 0 Å². The number of benzene rings is 1. The molecule has 2 aliphatic heterocycles. The first-order chi connectivity index (χ1) is 11.1. The molecule has 2 amide bonds. The summed E-state index contributed by atoms with van der Waals surface area (Å²) in [6, 6.07) is 6.12. The molecular formula is C18H22N2O3. The van der Waals surface area contributed by atoms with Crippen molar-refractivity contribution in [1.82, 2.24) is 5.32 Å². The third-order valence-corrected chi connectivity index (χ3v) is 4.94. The molecule has 2 fully saturated rings. The molecule has 0 aliphatic carbocycles. The Labute approximate surface area is 136 Å². The largest absolute Gasteiger partial charge is 0.371 e.